The van der Waals surface area contributed by atoms with Gasteiger partial charge in [0.1, 0.15) is 5.82 Å². The zero-order valence-electron chi connectivity index (χ0n) is 11.9. The molecular weight excluding hydrogens is 259 g/mol. The van der Waals surface area contributed by atoms with Gasteiger partial charge in [-0.3, -0.25) is 4.68 Å². The van der Waals surface area contributed by atoms with E-state index in [1.54, 1.807) is 17.9 Å². The molecule has 0 amide bonds. The second kappa shape index (κ2) is 4.74. The Morgan fingerprint density at radius 2 is 1.95 bits per heavy atom. The number of hydrogen-bond acceptors (Lipinski definition) is 2. The highest BCUT2D eigenvalue weighted by molar-refractivity contribution is 5.88. The lowest BCUT2D eigenvalue weighted by Gasteiger charge is -2.17. The van der Waals surface area contributed by atoms with Crippen LogP contribution in [0.4, 0.5) is 4.39 Å². The van der Waals surface area contributed by atoms with E-state index in [4.69, 9.17) is 5.11 Å². The van der Waals surface area contributed by atoms with Crippen LogP contribution in [0, 0.1) is 5.82 Å². The molecular formula is C15H17FN2O2. The second-order valence-electron chi connectivity index (χ2n) is 5.81. The van der Waals surface area contributed by atoms with Crippen LogP contribution in [0.2, 0.25) is 0 Å². The Hall–Kier alpha value is -2.17. The molecule has 1 aromatic heterocycles. The number of aromatic carboxylic acids is 1. The molecule has 0 saturated carbocycles. The Bertz CT molecular complexity index is 669. The number of halogens is 1. The summed E-state index contributed by atoms with van der Waals surface area (Å²) in [5, 5.41) is 13.3. The van der Waals surface area contributed by atoms with E-state index >= 15 is 0 Å². The average molecular weight is 276 g/mol. The SMILES string of the molecule is Cn1cc(-c2ccc(C(=O)O)cc2F)c(C(C)(C)C)n1. The highest BCUT2D eigenvalue weighted by atomic mass is 19.1. The summed E-state index contributed by atoms with van der Waals surface area (Å²) < 4.78 is 15.8. The molecule has 4 nitrogen and oxygen atoms in total. The van der Waals surface area contributed by atoms with Crippen LogP contribution in [0.3, 0.4) is 0 Å². The minimum absolute atomic E-state index is 0.0625. The van der Waals surface area contributed by atoms with Crippen LogP contribution in [0.25, 0.3) is 11.1 Å². The highest BCUT2D eigenvalue weighted by Gasteiger charge is 2.24. The van der Waals surface area contributed by atoms with Gasteiger partial charge < -0.3 is 5.11 Å². The van der Waals surface area contributed by atoms with Gasteiger partial charge >= 0.3 is 5.97 Å². The molecule has 1 aromatic carbocycles. The van der Waals surface area contributed by atoms with Gasteiger partial charge in [-0.25, -0.2) is 9.18 Å². The number of benzene rings is 1. The molecule has 0 atom stereocenters. The Kier molecular flexibility index (Phi) is 3.38. The van der Waals surface area contributed by atoms with E-state index in [1.165, 1.54) is 12.1 Å². The number of carboxylic acids is 1. The van der Waals surface area contributed by atoms with E-state index in [9.17, 15) is 9.18 Å². The van der Waals surface area contributed by atoms with Gasteiger partial charge in [0.05, 0.1) is 11.3 Å². The van der Waals surface area contributed by atoms with Crippen molar-refractivity contribution in [1.29, 1.82) is 0 Å². The summed E-state index contributed by atoms with van der Waals surface area (Å²) in [4.78, 5) is 10.8. The van der Waals surface area contributed by atoms with Gasteiger partial charge in [-0.15, -0.1) is 0 Å². The molecule has 0 aliphatic rings. The maximum atomic E-state index is 14.2. The Labute approximate surface area is 116 Å². The van der Waals surface area contributed by atoms with Crippen molar-refractivity contribution in [3.63, 3.8) is 0 Å². The minimum atomic E-state index is -1.14. The maximum Gasteiger partial charge on any atom is 0.335 e. The van der Waals surface area contributed by atoms with Crippen molar-refractivity contribution in [2.75, 3.05) is 0 Å². The van der Waals surface area contributed by atoms with Gasteiger partial charge in [0, 0.05) is 29.8 Å². The van der Waals surface area contributed by atoms with Crippen LogP contribution in [0.15, 0.2) is 24.4 Å². The number of aromatic nitrogens is 2. The first-order valence-electron chi connectivity index (χ1n) is 6.27. The molecule has 0 aliphatic carbocycles. The summed E-state index contributed by atoms with van der Waals surface area (Å²) in [7, 11) is 1.78. The van der Waals surface area contributed by atoms with Crippen molar-refractivity contribution in [1.82, 2.24) is 9.78 Å². The molecule has 20 heavy (non-hydrogen) atoms. The van der Waals surface area contributed by atoms with Crippen molar-refractivity contribution in [2.24, 2.45) is 7.05 Å². The molecule has 0 bridgehead atoms. The number of hydrogen-bond donors (Lipinski definition) is 1. The third-order valence-corrected chi connectivity index (χ3v) is 3.05. The van der Waals surface area contributed by atoms with Crippen LogP contribution >= 0.6 is 0 Å². The molecule has 1 heterocycles. The molecule has 0 unspecified atom stereocenters. The largest absolute Gasteiger partial charge is 0.478 e. The lowest BCUT2D eigenvalue weighted by molar-refractivity contribution is 0.0696. The van der Waals surface area contributed by atoms with Gasteiger partial charge in [0.15, 0.2) is 0 Å². The third-order valence-electron chi connectivity index (χ3n) is 3.05. The normalized spacial score (nSPS) is 11.7. The maximum absolute atomic E-state index is 14.2. The number of nitrogens with zero attached hydrogens (tertiary/aromatic N) is 2. The number of carboxylic acid groups (broad SMARTS) is 1. The summed E-state index contributed by atoms with van der Waals surface area (Å²) in [6.07, 6.45) is 1.75. The molecule has 106 valence electrons. The van der Waals surface area contributed by atoms with Crippen molar-refractivity contribution < 1.29 is 14.3 Å². The van der Waals surface area contributed by atoms with E-state index < -0.39 is 11.8 Å². The van der Waals surface area contributed by atoms with Gasteiger partial charge in [-0.05, 0) is 12.1 Å². The Balaban J connectivity index is 2.61. The lowest BCUT2D eigenvalue weighted by atomic mass is 9.87. The van der Waals surface area contributed by atoms with Crippen molar-refractivity contribution in [3.8, 4) is 11.1 Å². The average Bonchev–Trinajstić information content (AvgIpc) is 2.70. The van der Waals surface area contributed by atoms with E-state index in [1.807, 2.05) is 20.8 Å². The van der Waals surface area contributed by atoms with Crippen LogP contribution in [0.1, 0.15) is 36.8 Å². The fourth-order valence-electron chi connectivity index (χ4n) is 2.11. The molecule has 0 radical (unpaired) electrons. The number of aryl methyl sites for hydroxylation is 1. The lowest BCUT2D eigenvalue weighted by Crippen LogP contribution is -2.14. The molecule has 0 fully saturated rings. The van der Waals surface area contributed by atoms with Crippen LogP contribution in [-0.4, -0.2) is 20.9 Å². The summed E-state index contributed by atoms with van der Waals surface area (Å²) in [6, 6.07) is 3.93. The highest BCUT2D eigenvalue weighted by Crippen LogP contribution is 2.33. The molecule has 5 heteroatoms. The summed E-state index contributed by atoms with van der Waals surface area (Å²) in [5.74, 6) is -1.69. The van der Waals surface area contributed by atoms with E-state index in [0.717, 1.165) is 11.8 Å². The Morgan fingerprint density at radius 1 is 1.30 bits per heavy atom. The zero-order valence-corrected chi connectivity index (χ0v) is 11.9. The molecule has 1 N–H and O–H groups in total. The minimum Gasteiger partial charge on any atom is -0.478 e. The summed E-state index contributed by atoms with van der Waals surface area (Å²) in [5.41, 5.74) is 1.55. The van der Waals surface area contributed by atoms with E-state index in [0.29, 0.717) is 11.1 Å². The predicted octanol–water partition coefficient (Wildman–Crippen LogP) is 3.22. The second-order valence-corrected chi connectivity index (χ2v) is 5.81. The third kappa shape index (κ3) is 2.57. The fraction of sp³-hybridized carbons (Fsp3) is 0.333. The van der Waals surface area contributed by atoms with Gasteiger partial charge in [0.25, 0.3) is 0 Å². The number of carbonyl (C=O) groups is 1. The smallest absolute Gasteiger partial charge is 0.335 e. The van der Waals surface area contributed by atoms with Crippen LogP contribution in [-0.2, 0) is 12.5 Å². The Morgan fingerprint density at radius 3 is 2.45 bits per heavy atom. The standard InChI is InChI=1S/C15H17FN2O2/c1-15(2,3)13-11(8-18(4)17-13)10-6-5-9(14(19)20)7-12(10)16/h5-8H,1-4H3,(H,19,20). The van der Waals surface area contributed by atoms with Crippen molar-refractivity contribution >= 4 is 5.97 Å². The first-order valence-corrected chi connectivity index (χ1v) is 6.27. The van der Waals surface area contributed by atoms with Crippen molar-refractivity contribution in [2.45, 2.75) is 26.2 Å². The number of rotatable bonds is 2. The topological polar surface area (TPSA) is 55.1 Å². The van der Waals surface area contributed by atoms with Crippen LogP contribution < -0.4 is 0 Å². The summed E-state index contributed by atoms with van der Waals surface area (Å²) >= 11 is 0. The quantitative estimate of drug-likeness (QED) is 0.916. The van der Waals surface area contributed by atoms with Crippen LogP contribution in [0.5, 0.6) is 0 Å². The van der Waals surface area contributed by atoms with Gasteiger partial charge in [-0.2, -0.15) is 5.10 Å². The van der Waals surface area contributed by atoms with Gasteiger partial charge in [-0.1, -0.05) is 26.8 Å². The van der Waals surface area contributed by atoms with E-state index in [2.05, 4.69) is 5.10 Å². The monoisotopic (exact) mass is 276 g/mol. The van der Waals surface area contributed by atoms with Gasteiger partial charge in [0.2, 0.25) is 0 Å². The molecule has 2 aromatic rings. The molecule has 0 saturated heterocycles. The molecule has 0 spiro atoms. The zero-order chi connectivity index (χ0) is 15.1. The first-order chi connectivity index (χ1) is 9.20. The molecule has 2 rings (SSSR count). The first kappa shape index (κ1) is 14.2. The van der Waals surface area contributed by atoms with Crippen molar-refractivity contribution in [3.05, 3.63) is 41.5 Å². The molecule has 0 aliphatic heterocycles. The van der Waals surface area contributed by atoms with E-state index in [-0.39, 0.29) is 11.0 Å². The predicted molar refractivity (Wildman–Crippen MR) is 74.3 cm³/mol. The summed E-state index contributed by atoms with van der Waals surface area (Å²) in [6.45, 7) is 6.01. The fourth-order valence-corrected chi connectivity index (χ4v) is 2.11.